The zero-order chi connectivity index (χ0) is 26.8. The molecule has 3 heterocycles. The van der Waals surface area contributed by atoms with Crippen molar-refractivity contribution in [2.75, 3.05) is 13.6 Å². The smallest absolute Gasteiger partial charge is 0.253 e. The lowest BCUT2D eigenvalue weighted by Crippen LogP contribution is -2.33. The van der Waals surface area contributed by atoms with Crippen molar-refractivity contribution in [2.24, 2.45) is 0 Å². The maximum Gasteiger partial charge on any atom is 0.253 e. The number of hydrogen-bond donors (Lipinski definition) is 2. The van der Waals surface area contributed by atoms with Crippen molar-refractivity contribution in [3.05, 3.63) is 88.7 Å². The van der Waals surface area contributed by atoms with Crippen molar-refractivity contribution < 1.29 is 24.1 Å². The number of fused-ring (bicyclic) bond motifs is 6. The van der Waals surface area contributed by atoms with Crippen LogP contribution >= 0.6 is 0 Å². The fourth-order valence-electron chi connectivity index (χ4n) is 6.17. The number of benzene rings is 3. The predicted octanol–water partition coefficient (Wildman–Crippen LogP) is 5.45. The van der Waals surface area contributed by atoms with Crippen LogP contribution < -0.4 is 0 Å². The number of carbonyl (C=O) groups is 1. The molecular formula is C30H26FN3O4. The Bertz CT molecular complexity index is 1660. The van der Waals surface area contributed by atoms with Crippen LogP contribution in [0.5, 0.6) is 11.8 Å². The molecule has 2 atom stereocenters. The molecule has 2 aliphatic heterocycles. The molecule has 1 saturated heterocycles. The summed E-state index contributed by atoms with van der Waals surface area (Å²) in [7, 11) is 1.68. The van der Waals surface area contributed by atoms with Gasteiger partial charge in [0.2, 0.25) is 11.8 Å². The fraction of sp³-hybridized carbons (Fsp3) is 0.267. The van der Waals surface area contributed by atoms with Gasteiger partial charge in [0, 0.05) is 29.9 Å². The number of aromatic hydroxyl groups is 2. The Labute approximate surface area is 218 Å². The average Bonchev–Trinajstić information content (AvgIpc) is 3.51. The number of hydrogen-bond acceptors (Lipinski definition) is 5. The van der Waals surface area contributed by atoms with E-state index in [-0.39, 0.29) is 17.7 Å². The summed E-state index contributed by atoms with van der Waals surface area (Å²) in [6.45, 7) is 2.24. The molecule has 0 saturated carbocycles. The summed E-state index contributed by atoms with van der Waals surface area (Å²) in [4.78, 5) is 14.5. The Kier molecular flexibility index (Phi) is 5.27. The molecule has 6 rings (SSSR count). The van der Waals surface area contributed by atoms with Crippen LogP contribution in [0.4, 0.5) is 4.39 Å². The largest absolute Gasteiger partial charge is 0.494 e. The van der Waals surface area contributed by atoms with E-state index in [4.69, 9.17) is 4.74 Å². The molecule has 0 aliphatic carbocycles. The highest BCUT2D eigenvalue weighted by Crippen LogP contribution is 2.65. The number of carbonyl (C=O) groups excluding carboxylic acids is 1. The lowest BCUT2D eigenvalue weighted by Gasteiger charge is -2.29. The van der Waals surface area contributed by atoms with Crippen LogP contribution in [0.3, 0.4) is 0 Å². The Morgan fingerprint density at radius 1 is 1.05 bits per heavy atom. The van der Waals surface area contributed by atoms with Gasteiger partial charge in [-0.3, -0.25) is 9.36 Å². The SMILES string of the molecule is CN(CC[C@@]12CC[C@@](C)(O1)c1c2c(O)n(-c2ccc(C#N)c3ccccc23)c1O)C(=O)c1ccc(F)cc1. The Morgan fingerprint density at radius 3 is 2.45 bits per heavy atom. The van der Waals surface area contributed by atoms with Crippen molar-refractivity contribution in [3.8, 4) is 23.5 Å². The number of nitrogens with zero attached hydrogens (tertiary/aromatic N) is 3. The van der Waals surface area contributed by atoms with Crippen LogP contribution in [0.25, 0.3) is 16.5 Å². The summed E-state index contributed by atoms with van der Waals surface area (Å²) in [5, 5.41) is 34.1. The molecule has 1 fully saturated rings. The van der Waals surface area contributed by atoms with Crippen LogP contribution in [0.2, 0.25) is 0 Å². The quantitative estimate of drug-likeness (QED) is 0.371. The van der Waals surface area contributed by atoms with Gasteiger partial charge < -0.3 is 19.8 Å². The highest BCUT2D eigenvalue weighted by atomic mass is 19.1. The normalized spacial score (nSPS) is 21.4. The van der Waals surface area contributed by atoms with Gasteiger partial charge in [-0.1, -0.05) is 24.3 Å². The molecule has 8 heteroatoms. The van der Waals surface area contributed by atoms with Gasteiger partial charge in [-0.2, -0.15) is 5.26 Å². The van der Waals surface area contributed by atoms with Gasteiger partial charge in [0.1, 0.15) is 11.4 Å². The molecule has 7 nitrogen and oxygen atoms in total. The lowest BCUT2D eigenvalue weighted by atomic mass is 9.77. The fourth-order valence-corrected chi connectivity index (χ4v) is 6.17. The van der Waals surface area contributed by atoms with Crippen LogP contribution in [0.15, 0.2) is 60.7 Å². The van der Waals surface area contributed by atoms with Crippen molar-refractivity contribution in [3.63, 3.8) is 0 Å². The number of halogens is 1. The van der Waals surface area contributed by atoms with Crippen LogP contribution in [-0.4, -0.2) is 39.2 Å². The molecule has 2 N–H and O–H groups in total. The molecule has 0 unspecified atom stereocenters. The summed E-state index contributed by atoms with van der Waals surface area (Å²) in [6, 6.07) is 18.4. The van der Waals surface area contributed by atoms with E-state index < -0.39 is 17.0 Å². The van der Waals surface area contributed by atoms with Gasteiger partial charge in [-0.05, 0) is 62.6 Å². The first-order chi connectivity index (χ1) is 18.2. The van der Waals surface area contributed by atoms with Gasteiger partial charge >= 0.3 is 0 Å². The molecule has 2 bridgehead atoms. The van der Waals surface area contributed by atoms with Crippen molar-refractivity contribution in [1.82, 2.24) is 9.47 Å². The minimum Gasteiger partial charge on any atom is -0.494 e. The Hall–Kier alpha value is -4.35. The third-order valence-corrected chi connectivity index (χ3v) is 8.08. The van der Waals surface area contributed by atoms with E-state index in [0.717, 1.165) is 10.8 Å². The first-order valence-electron chi connectivity index (χ1n) is 12.5. The number of rotatable bonds is 5. The average molecular weight is 512 g/mol. The highest BCUT2D eigenvalue weighted by Gasteiger charge is 2.61. The highest BCUT2D eigenvalue weighted by molar-refractivity contribution is 5.95. The molecule has 1 amide bonds. The molecular weight excluding hydrogens is 485 g/mol. The predicted molar refractivity (Wildman–Crippen MR) is 139 cm³/mol. The van der Waals surface area contributed by atoms with E-state index in [1.807, 2.05) is 31.2 Å². The molecule has 1 aromatic heterocycles. The molecule has 0 spiro atoms. The van der Waals surface area contributed by atoms with Gasteiger partial charge in [0.15, 0.2) is 0 Å². The molecule has 38 heavy (non-hydrogen) atoms. The first kappa shape index (κ1) is 24.0. The number of amides is 1. The van der Waals surface area contributed by atoms with Crippen molar-refractivity contribution >= 4 is 16.7 Å². The zero-order valence-electron chi connectivity index (χ0n) is 21.0. The second-order valence-electron chi connectivity index (χ2n) is 10.3. The van der Waals surface area contributed by atoms with Crippen LogP contribution in [-0.2, 0) is 15.9 Å². The molecule has 192 valence electrons. The van der Waals surface area contributed by atoms with Crippen LogP contribution in [0, 0.1) is 17.1 Å². The lowest BCUT2D eigenvalue weighted by molar-refractivity contribution is -0.0850. The van der Waals surface area contributed by atoms with E-state index in [0.29, 0.717) is 53.7 Å². The summed E-state index contributed by atoms with van der Waals surface area (Å²) in [5.74, 6) is -0.848. The summed E-state index contributed by atoms with van der Waals surface area (Å²) in [5.41, 5.74) is 0.882. The van der Waals surface area contributed by atoms with Gasteiger partial charge in [0.05, 0.1) is 34.0 Å². The van der Waals surface area contributed by atoms with Crippen LogP contribution in [0.1, 0.15) is 53.2 Å². The minimum absolute atomic E-state index is 0.0906. The van der Waals surface area contributed by atoms with Gasteiger partial charge in [-0.15, -0.1) is 0 Å². The number of ether oxygens (including phenoxy) is 1. The second kappa shape index (κ2) is 8.33. The summed E-state index contributed by atoms with van der Waals surface area (Å²) < 4.78 is 21.3. The number of aromatic nitrogens is 1. The maximum atomic E-state index is 13.3. The van der Waals surface area contributed by atoms with Crippen molar-refractivity contribution in [2.45, 2.75) is 37.4 Å². The number of nitriles is 1. The molecule has 2 aliphatic rings. The third-order valence-electron chi connectivity index (χ3n) is 8.08. The topological polar surface area (TPSA) is 98.7 Å². The van der Waals surface area contributed by atoms with E-state index in [9.17, 15) is 24.7 Å². The van der Waals surface area contributed by atoms with E-state index in [1.54, 1.807) is 24.1 Å². The zero-order valence-corrected chi connectivity index (χ0v) is 21.0. The maximum absolute atomic E-state index is 13.3. The Balaban J connectivity index is 1.39. The van der Waals surface area contributed by atoms with Crippen molar-refractivity contribution in [1.29, 1.82) is 5.26 Å². The molecule has 3 aromatic carbocycles. The molecule has 0 radical (unpaired) electrons. The second-order valence-corrected chi connectivity index (χ2v) is 10.3. The van der Waals surface area contributed by atoms with E-state index in [2.05, 4.69) is 6.07 Å². The summed E-state index contributed by atoms with van der Waals surface area (Å²) in [6.07, 6.45) is 1.69. The standard InChI is InChI=1S/C30H26FN3O4/c1-29-13-14-30(38-29,15-16-33(2)26(35)18-7-10-20(31)11-8-18)25-24(29)27(36)34(28(25)37)23-12-9-19(17-32)21-5-3-4-6-22(21)23/h3-12,36-37H,13-16H2,1-2H3/t29-,30-/m1/s1. The van der Waals surface area contributed by atoms with Gasteiger partial charge in [-0.25, -0.2) is 4.39 Å². The minimum atomic E-state index is -0.878. The summed E-state index contributed by atoms with van der Waals surface area (Å²) >= 11 is 0. The van der Waals surface area contributed by atoms with E-state index in [1.165, 1.54) is 28.8 Å². The monoisotopic (exact) mass is 511 g/mol. The Morgan fingerprint density at radius 2 is 1.74 bits per heavy atom. The van der Waals surface area contributed by atoms with Gasteiger partial charge in [0.25, 0.3) is 5.91 Å². The van der Waals surface area contributed by atoms with E-state index >= 15 is 0 Å². The first-order valence-corrected chi connectivity index (χ1v) is 12.5. The molecule has 4 aromatic rings. The third kappa shape index (κ3) is 3.32.